The van der Waals surface area contributed by atoms with Gasteiger partial charge in [0.25, 0.3) is 11.2 Å². The van der Waals surface area contributed by atoms with Crippen molar-refractivity contribution >= 4 is 17.2 Å². The van der Waals surface area contributed by atoms with Crippen LogP contribution in [0.3, 0.4) is 0 Å². The molecule has 0 amide bonds. The summed E-state index contributed by atoms with van der Waals surface area (Å²) in [5.74, 6) is 0.679. The minimum Gasteiger partial charge on any atom is -0.378 e. The zero-order chi connectivity index (χ0) is 22.0. The van der Waals surface area contributed by atoms with Gasteiger partial charge in [0.15, 0.2) is 5.82 Å². The van der Waals surface area contributed by atoms with E-state index in [1.54, 1.807) is 6.07 Å². The minimum atomic E-state index is -0.473. The molecule has 9 heteroatoms. The number of non-ortho nitro benzene ring substituents is 1. The van der Waals surface area contributed by atoms with Crippen molar-refractivity contribution in [2.75, 3.05) is 50.2 Å². The highest BCUT2D eigenvalue weighted by atomic mass is 16.6. The van der Waals surface area contributed by atoms with E-state index >= 15 is 0 Å². The smallest absolute Gasteiger partial charge is 0.272 e. The number of hydrogen-bond acceptors (Lipinski definition) is 7. The Labute approximate surface area is 179 Å². The monoisotopic (exact) mass is 421 g/mol. The number of morpholine rings is 1. The summed E-state index contributed by atoms with van der Waals surface area (Å²) in [6, 6.07) is 15.3. The number of anilines is 2. The molecule has 0 unspecified atom stereocenters. The highest BCUT2D eigenvalue weighted by Gasteiger charge is 2.20. The average molecular weight is 421 g/mol. The van der Waals surface area contributed by atoms with Crippen LogP contribution in [0.1, 0.15) is 0 Å². The van der Waals surface area contributed by atoms with Crippen molar-refractivity contribution in [2.45, 2.75) is 0 Å². The lowest BCUT2D eigenvalue weighted by atomic mass is 10.1. The predicted molar refractivity (Wildman–Crippen MR) is 119 cm³/mol. The molecule has 1 aromatic heterocycles. The third kappa shape index (κ3) is 4.26. The van der Waals surface area contributed by atoms with Gasteiger partial charge in [-0.2, -0.15) is 4.68 Å². The number of nitrogens with zero attached hydrogens (tertiary/aromatic N) is 5. The molecule has 1 aliphatic rings. The molecule has 9 nitrogen and oxygen atoms in total. The van der Waals surface area contributed by atoms with E-state index in [-0.39, 0.29) is 11.2 Å². The van der Waals surface area contributed by atoms with E-state index in [0.717, 1.165) is 16.8 Å². The lowest BCUT2D eigenvalue weighted by Gasteiger charge is -2.29. The molecule has 0 spiro atoms. The van der Waals surface area contributed by atoms with Crippen LogP contribution in [0.25, 0.3) is 16.8 Å². The number of nitro benzene ring substituents is 1. The summed E-state index contributed by atoms with van der Waals surface area (Å²) >= 11 is 0. The maximum atomic E-state index is 13.0. The van der Waals surface area contributed by atoms with Gasteiger partial charge in [-0.25, -0.2) is 0 Å². The summed E-state index contributed by atoms with van der Waals surface area (Å²) in [5, 5.41) is 15.6. The Morgan fingerprint density at radius 1 is 1.03 bits per heavy atom. The van der Waals surface area contributed by atoms with Crippen LogP contribution in [-0.4, -0.2) is 55.1 Å². The molecule has 4 rings (SSSR count). The number of aromatic nitrogens is 2. The van der Waals surface area contributed by atoms with E-state index < -0.39 is 4.92 Å². The largest absolute Gasteiger partial charge is 0.378 e. The van der Waals surface area contributed by atoms with Crippen LogP contribution in [0, 0.1) is 10.1 Å². The van der Waals surface area contributed by atoms with Crippen LogP contribution in [0.15, 0.2) is 59.4 Å². The zero-order valence-electron chi connectivity index (χ0n) is 17.4. The number of benzene rings is 2. The minimum absolute atomic E-state index is 0.0391. The molecule has 1 aliphatic heterocycles. The molecule has 0 aliphatic carbocycles. The van der Waals surface area contributed by atoms with E-state index in [2.05, 4.69) is 10.00 Å². The standard InChI is InChI=1S/C22H23N5O4/c1-24(2)17-5-3-16(4-6-17)20-15-21(28)26(18-7-9-19(10-8-18)27(29)30)23-22(20)25-11-13-31-14-12-25/h3-10,15H,11-14H2,1-2H3. The van der Waals surface area contributed by atoms with Crippen molar-refractivity contribution in [3.05, 3.63) is 75.1 Å². The summed E-state index contributed by atoms with van der Waals surface area (Å²) in [6.45, 7) is 2.48. The molecule has 160 valence electrons. The molecule has 3 aromatic rings. The lowest BCUT2D eigenvalue weighted by Crippen LogP contribution is -2.38. The van der Waals surface area contributed by atoms with Crippen LogP contribution < -0.4 is 15.4 Å². The van der Waals surface area contributed by atoms with Gasteiger partial charge in [-0.3, -0.25) is 14.9 Å². The van der Waals surface area contributed by atoms with Gasteiger partial charge in [0.05, 0.1) is 23.8 Å². The first-order valence-electron chi connectivity index (χ1n) is 9.94. The molecule has 2 heterocycles. The summed E-state index contributed by atoms with van der Waals surface area (Å²) in [6.07, 6.45) is 0. The Hall–Kier alpha value is -3.72. The fourth-order valence-corrected chi connectivity index (χ4v) is 3.51. The molecule has 1 saturated heterocycles. The van der Waals surface area contributed by atoms with Gasteiger partial charge < -0.3 is 14.5 Å². The Morgan fingerprint density at radius 3 is 2.26 bits per heavy atom. The molecule has 0 atom stereocenters. The van der Waals surface area contributed by atoms with E-state index in [9.17, 15) is 14.9 Å². The highest BCUT2D eigenvalue weighted by Crippen LogP contribution is 2.30. The fraction of sp³-hybridized carbons (Fsp3) is 0.273. The van der Waals surface area contributed by atoms with Crippen molar-refractivity contribution in [3.8, 4) is 16.8 Å². The summed E-state index contributed by atoms with van der Waals surface area (Å²) in [5.41, 5.74) is 2.83. The molecule has 0 bridgehead atoms. The molecule has 0 N–H and O–H groups in total. The van der Waals surface area contributed by atoms with Gasteiger partial charge >= 0.3 is 0 Å². The normalized spacial score (nSPS) is 13.8. The zero-order valence-corrected chi connectivity index (χ0v) is 17.4. The van der Waals surface area contributed by atoms with Gasteiger partial charge in [0, 0.05) is 56.6 Å². The second-order valence-corrected chi connectivity index (χ2v) is 7.45. The van der Waals surface area contributed by atoms with Gasteiger partial charge in [0.2, 0.25) is 0 Å². The van der Waals surface area contributed by atoms with E-state index in [1.165, 1.54) is 28.9 Å². The van der Waals surface area contributed by atoms with Crippen LogP contribution >= 0.6 is 0 Å². The first-order chi connectivity index (χ1) is 14.9. The topological polar surface area (TPSA) is 93.7 Å². The summed E-state index contributed by atoms with van der Waals surface area (Å²) in [7, 11) is 3.95. The van der Waals surface area contributed by atoms with Crippen molar-refractivity contribution in [1.29, 1.82) is 0 Å². The van der Waals surface area contributed by atoms with Gasteiger partial charge in [-0.05, 0) is 29.8 Å². The van der Waals surface area contributed by atoms with Gasteiger partial charge in [-0.1, -0.05) is 12.1 Å². The van der Waals surface area contributed by atoms with Crippen LogP contribution in [0.4, 0.5) is 17.2 Å². The van der Waals surface area contributed by atoms with E-state index in [0.29, 0.717) is 37.8 Å². The van der Waals surface area contributed by atoms with Crippen LogP contribution in [0.5, 0.6) is 0 Å². The molecule has 0 radical (unpaired) electrons. The maximum Gasteiger partial charge on any atom is 0.272 e. The fourth-order valence-electron chi connectivity index (χ4n) is 3.51. The number of nitro groups is 1. The number of ether oxygens (including phenoxy) is 1. The Bertz CT molecular complexity index is 1130. The maximum absolute atomic E-state index is 13.0. The first-order valence-corrected chi connectivity index (χ1v) is 9.94. The predicted octanol–water partition coefficient (Wildman–Crippen LogP) is 2.71. The van der Waals surface area contributed by atoms with E-state index in [4.69, 9.17) is 4.74 Å². The molecular weight excluding hydrogens is 398 g/mol. The second-order valence-electron chi connectivity index (χ2n) is 7.45. The third-order valence-corrected chi connectivity index (χ3v) is 5.22. The molecule has 31 heavy (non-hydrogen) atoms. The van der Waals surface area contributed by atoms with Crippen molar-refractivity contribution < 1.29 is 9.66 Å². The van der Waals surface area contributed by atoms with Crippen molar-refractivity contribution in [3.63, 3.8) is 0 Å². The lowest BCUT2D eigenvalue weighted by molar-refractivity contribution is -0.384. The van der Waals surface area contributed by atoms with Crippen LogP contribution in [-0.2, 0) is 4.74 Å². The third-order valence-electron chi connectivity index (χ3n) is 5.22. The SMILES string of the molecule is CN(C)c1ccc(-c2cc(=O)n(-c3ccc([N+](=O)[O-])cc3)nc2N2CCOCC2)cc1. The molecule has 1 fully saturated rings. The second kappa shape index (κ2) is 8.57. The highest BCUT2D eigenvalue weighted by molar-refractivity contribution is 5.76. The molecule has 2 aromatic carbocycles. The summed E-state index contributed by atoms with van der Waals surface area (Å²) < 4.78 is 6.76. The van der Waals surface area contributed by atoms with Crippen molar-refractivity contribution in [1.82, 2.24) is 9.78 Å². The van der Waals surface area contributed by atoms with Crippen LogP contribution in [0.2, 0.25) is 0 Å². The Morgan fingerprint density at radius 2 is 1.68 bits per heavy atom. The average Bonchev–Trinajstić information content (AvgIpc) is 2.79. The van der Waals surface area contributed by atoms with Gasteiger partial charge in [0.1, 0.15) is 0 Å². The summed E-state index contributed by atoms with van der Waals surface area (Å²) in [4.78, 5) is 27.5. The van der Waals surface area contributed by atoms with Crippen molar-refractivity contribution in [2.24, 2.45) is 0 Å². The number of hydrogen-bond donors (Lipinski definition) is 0. The Kier molecular flexibility index (Phi) is 5.68. The first kappa shape index (κ1) is 20.5. The van der Waals surface area contributed by atoms with Gasteiger partial charge in [-0.15, -0.1) is 5.10 Å². The molecular formula is C22H23N5O4. The van der Waals surface area contributed by atoms with E-state index in [1.807, 2.05) is 43.3 Å². The Balaban J connectivity index is 1.82. The quantitative estimate of drug-likeness (QED) is 0.462. The number of rotatable bonds is 5. The molecule has 0 saturated carbocycles.